The van der Waals surface area contributed by atoms with Crippen molar-refractivity contribution in [3.05, 3.63) is 28.8 Å². The SMILES string of the molecule is CCC1CCCN1C(=O)c1cc(S(=O)(=O)Cl)c(C)cc1C. The molecule has 0 saturated carbocycles. The predicted octanol–water partition coefficient (Wildman–Crippen LogP) is 3.25. The Kier molecular flexibility index (Phi) is 4.63. The molecule has 0 spiro atoms. The fourth-order valence-electron chi connectivity index (χ4n) is 3.01. The summed E-state index contributed by atoms with van der Waals surface area (Å²) in [5.41, 5.74) is 1.77. The van der Waals surface area contributed by atoms with E-state index in [1.54, 1.807) is 13.0 Å². The number of nitrogens with zero attached hydrogens (tertiary/aromatic N) is 1. The van der Waals surface area contributed by atoms with Gasteiger partial charge in [-0.05, 0) is 50.3 Å². The fraction of sp³-hybridized carbons (Fsp3) is 0.533. The van der Waals surface area contributed by atoms with Crippen LogP contribution in [0.3, 0.4) is 0 Å². The third kappa shape index (κ3) is 3.24. The third-order valence-electron chi connectivity index (χ3n) is 4.12. The first kappa shape index (κ1) is 16.3. The van der Waals surface area contributed by atoms with Gasteiger partial charge < -0.3 is 4.90 Å². The second-order valence-corrected chi connectivity index (χ2v) is 8.11. The molecule has 1 aromatic rings. The highest BCUT2D eigenvalue weighted by Gasteiger charge is 2.29. The molecule has 1 unspecified atom stereocenters. The molecule has 0 bridgehead atoms. The van der Waals surface area contributed by atoms with Crippen molar-refractivity contribution in [3.8, 4) is 0 Å². The Morgan fingerprint density at radius 3 is 2.57 bits per heavy atom. The lowest BCUT2D eigenvalue weighted by molar-refractivity contribution is 0.0732. The molecule has 1 fully saturated rings. The monoisotopic (exact) mass is 329 g/mol. The van der Waals surface area contributed by atoms with Crippen molar-refractivity contribution in [3.63, 3.8) is 0 Å². The van der Waals surface area contributed by atoms with Gasteiger partial charge in [0.25, 0.3) is 15.0 Å². The predicted molar refractivity (Wildman–Crippen MR) is 83.3 cm³/mol. The molecule has 0 radical (unpaired) electrons. The lowest BCUT2D eigenvalue weighted by Crippen LogP contribution is -2.35. The van der Waals surface area contributed by atoms with Crippen LogP contribution < -0.4 is 0 Å². The standard InChI is InChI=1S/C15H20ClNO3S/c1-4-12-6-5-7-17(12)15(18)13-9-14(21(16,19)20)11(3)8-10(13)2/h8-9,12H,4-7H2,1-3H3. The molecular weight excluding hydrogens is 310 g/mol. The molecule has 1 amide bonds. The lowest BCUT2D eigenvalue weighted by atomic mass is 10.0. The van der Waals surface area contributed by atoms with Crippen LogP contribution in [-0.2, 0) is 9.05 Å². The maximum atomic E-state index is 12.7. The first-order chi connectivity index (χ1) is 9.75. The average Bonchev–Trinajstić information content (AvgIpc) is 2.84. The van der Waals surface area contributed by atoms with E-state index in [-0.39, 0.29) is 16.8 Å². The summed E-state index contributed by atoms with van der Waals surface area (Å²) in [6.45, 7) is 6.30. The van der Waals surface area contributed by atoms with Gasteiger partial charge in [-0.2, -0.15) is 0 Å². The van der Waals surface area contributed by atoms with E-state index in [9.17, 15) is 13.2 Å². The van der Waals surface area contributed by atoms with E-state index >= 15 is 0 Å². The zero-order valence-corrected chi connectivity index (χ0v) is 14.1. The average molecular weight is 330 g/mol. The van der Waals surface area contributed by atoms with Crippen LogP contribution in [0.4, 0.5) is 0 Å². The van der Waals surface area contributed by atoms with Gasteiger partial charge in [-0.1, -0.05) is 13.0 Å². The zero-order valence-electron chi connectivity index (χ0n) is 12.5. The lowest BCUT2D eigenvalue weighted by Gasteiger charge is -2.24. The molecule has 1 saturated heterocycles. The molecule has 6 heteroatoms. The van der Waals surface area contributed by atoms with Crippen LogP contribution in [0.1, 0.15) is 47.7 Å². The molecule has 116 valence electrons. The van der Waals surface area contributed by atoms with Crippen LogP contribution in [0, 0.1) is 13.8 Å². The van der Waals surface area contributed by atoms with E-state index in [0.29, 0.717) is 11.1 Å². The van der Waals surface area contributed by atoms with Crippen molar-refractivity contribution >= 4 is 25.6 Å². The van der Waals surface area contributed by atoms with Crippen molar-refractivity contribution in [2.75, 3.05) is 6.54 Å². The molecule has 2 rings (SSSR count). The van der Waals surface area contributed by atoms with Gasteiger partial charge in [-0.3, -0.25) is 4.79 Å². The number of carbonyl (C=O) groups is 1. The molecule has 0 aromatic heterocycles. The van der Waals surface area contributed by atoms with Crippen molar-refractivity contribution in [2.24, 2.45) is 0 Å². The molecule has 1 heterocycles. The number of amides is 1. The van der Waals surface area contributed by atoms with E-state index in [0.717, 1.165) is 31.4 Å². The topological polar surface area (TPSA) is 54.5 Å². The molecule has 1 aliphatic heterocycles. The first-order valence-corrected chi connectivity index (χ1v) is 9.43. The molecular formula is C15H20ClNO3S. The number of aryl methyl sites for hydroxylation is 2. The zero-order chi connectivity index (χ0) is 15.8. The molecule has 1 aliphatic rings. The van der Waals surface area contributed by atoms with Crippen LogP contribution in [0.5, 0.6) is 0 Å². The van der Waals surface area contributed by atoms with Crippen molar-refractivity contribution in [1.29, 1.82) is 0 Å². The summed E-state index contributed by atoms with van der Waals surface area (Å²) in [5.74, 6) is -0.0987. The summed E-state index contributed by atoms with van der Waals surface area (Å²) in [6.07, 6.45) is 2.92. The highest BCUT2D eigenvalue weighted by Crippen LogP contribution is 2.27. The quantitative estimate of drug-likeness (QED) is 0.800. The minimum absolute atomic E-state index is 0.0189. The summed E-state index contributed by atoms with van der Waals surface area (Å²) >= 11 is 0. The highest BCUT2D eigenvalue weighted by atomic mass is 35.7. The summed E-state index contributed by atoms with van der Waals surface area (Å²) in [7, 11) is 1.61. The van der Waals surface area contributed by atoms with Crippen LogP contribution in [-0.4, -0.2) is 31.8 Å². The van der Waals surface area contributed by atoms with E-state index in [1.807, 2.05) is 11.8 Å². The molecule has 0 N–H and O–H groups in total. The summed E-state index contributed by atoms with van der Waals surface area (Å²) in [5, 5.41) is 0. The molecule has 0 aliphatic carbocycles. The van der Waals surface area contributed by atoms with Crippen LogP contribution in [0.2, 0.25) is 0 Å². The van der Waals surface area contributed by atoms with Crippen molar-refractivity contribution in [2.45, 2.75) is 51.0 Å². The Hall–Kier alpha value is -1.07. The van der Waals surface area contributed by atoms with Gasteiger partial charge in [0.15, 0.2) is 0 Å². The number of rotatable bonds is 3. The Morgan fingerprint density at radius 2 is 2.00 bits per heavy atom. The Morgan fingerprint density at radius 1 is 1.33 bits per heavy atom. The summed E-state index contributed by atoms with van der Waals surface area (Å²) in [6, 6.07) is 3.37. The normalized spacial score (nSPS) is 19.0. The Bertz CT molecular complexity index is 670. The van der Waals surface area contributed by atoms with Gasteiger partial charge in [0.1, 0.15) is 0 Å². The second kappa shape index (κ2) is 5.97. The largest absolute Gasteiger partial charge is 0.336 e. The van der Waals surface area contributed by atoms with E-state index in [1.165, 1.54) is 6.07 Å². The maximum Gasteiger partial charge on any atom is 0.261 e. The van der Waals surface area contributed by atoms with Crippen LogP contribution >= 0.6 is 10.7 Å². The van der Waals surface area contributed by atoms with Gasteiger partial charge in [0, 0.05) is 28.8 Å². The summed E-state index contributed by atoms with van der Waals surface area (Å²) in [4.78, 5) is 14.6. The van der Waals surface area contributed by atoms with Crippen LogP contribution in [0.25, 0.3) is 0 Å². The second-order valence-electron chi connectivity index (χ2n) is 5.57. The summed E-state index contributed by atoms with van der Waals surface area (Å²) < 4.78 is 23.2. The van der Waals surface area contributed by atoms with Gasteiger partial charge in [-0.15, -0.1) is 0 Å². The van der Waals surface area contributed by atoms with Gasteiger partial charge >= 0.3 is 0 Å². The Labute approximate surface area is 130 Å². The van der Waals surface area contributed by atoms with E-state index in [4.69, 9.17) is 10.7 Å². The first-order valence-electron chi connectivity index (χ1n) is 7.12. The third-order valence-corrected chi connectivity index (χ3v) is 5.59. The van der Waals surface area contributed by atoms with Gasteiger partial charge in [0.2, 0.25) is 0 Å². The maximum absolute atomic E-state index is 12.7. The minimum Gasteiger partial charge on any atom is -0.336 e. The molecule has 1 atom stereocenters. The van der Waals surface area contributed by atoms with E-state index in [2.05, 4.69) is 6.92 Å². The van der Waals surface area contributed by atoms with Gasteiger partial charge in [-0.25, -0.2) is 8.42 Å². The number of hydrogen-bond donors (Lipinski definition) is 0. The van der Waals surface area contributed by atoms with Crippen LogP contribution in [0.15, 0.2) is 17.0 Å². The van der Waals surface area contributed by atoms with E-state index < -0.39 is 9.05 Å². The Balaban J connectivity index is 2.46. The minimum atomic E-state index is -3.85. The number of likely N-dealkylation sites (tertiary alicyclic amines) is 1. The number of halogens is 1. The van der Waals surface area contributed by atoms with Crippen molar-refractivity contribution < 1.29 is 13.2 Å². The van der Waals surface area contributed by atoms with Gasteiger partial charge in [0.05, 0.1) is 4.90 Å². The molecule has 4 nitrogen and oxygen atoms in total. The number of carbonyl (C=O) groups excluding carboxylic acids is 1. The number of benzene rings is 1. The smallest absolute Gasteiger partial charge is 0.261 e. The molecule has 21 heavy (non-hydrogen) atoms. The fourth-order valence-corrected chi connectivity index (χ4v) is 4.21. The van der Waals surface area contributed by atoms with Crippen molar-refractivity contribution in [1.82, 2.24) is 4.90 Å². The number of hydrogen-bond acceptors (Lipinski definition) is 3. The highest BCUT2D eigenvalue weighted by molar-refractivity contribution is 8.13. The molecule has 1 aromatic carbocycles.